The first-order valence-corrected chi connectivity index (χ1v) is 7.61. The van der Waals surface area contributed by atoms with Gasteiger partial charge in [0.2, 0.25) is 0 Å². The molecule has 1 fully saturated rings. The summed E-state index contributed by atoms with van der Waals surface area (Å²) in [6.07, 6.45) is 5.56. The molecule has 1 aromatic rings. The second kappa shape index (κ2) is 5.65. The fourth-order valence-electron chi connectivity index (χ4n) is 2.61. The van der Waals surface area contributed by atoms with Gasteiger partial charge in [0, 0.05) is 17.0 Å². The molecule has 1 saturated carbocycles. The van der Waals surface area contributed by atoms with Crippen LogP contribution < -0.4 is 11.1 Å². The van der Waals surface area contributed by atoms with Crippen molar-refractivity contribution in [3.63, 3.8) is 0 Å². The van der Waals surface area contributed by atoms with E-state index in [9.17, 15) is 4.79 Å². The van der Waals surface area contributed by atoms with Crippen molar-refractivity contribution < 1.29 is 4.79 Å². The van der Waals surface area contributed by atoms with E-state index in [2.05, 4.69) is 11.6 Å². The van der Waals surface area contributed by atoms with Gasteiger partial charge in [0.15, 0.2) is 0 Å². The minimum atomic E-state index is -0.0310. The van der Waals surface area contributed by atoms with Crippen LogP contribution in [-0.4, -0.2) is 23.5 Å². The Hall–Kier alpha value is -1.16. The smallest absolute Gasteiger partial charge is 0.253 e. The maximum atomic E-state index is 12.3. The summed E-state index contributed by atoms with van der Waals surface area (Å²) in [4.78, 5) is 12.3. The van der Waals surface area contributed by atoms with Crippen LogP contribution in [0.25, 0.3) is 0 Å². The van der Waals surface area contributed by atoms with Crippen LogP contribution in [0.2, 0.25) is 0 Å². The summed E-state index contributed by atoms with van der Waals surface area (Å²) < 4.78 is 0. The molecule has 4 heteroatoms. The number of nitrogens with two attached hydrogens (primary N) is 1. The molecule has 1 aliphatic carbocycles. The molecule has 0 aromatic heterocycles. The Labute approximate surface area is 113 Å². The van der Waals surface area contributed by atoms with Crippen molar-refractivity contribution in [2.45, 2.75) is 37.5 Å². The largest absolute Gasteiger partial charge is 0.398 e. The van der Waals surface area contributed by atoms with Crippen LogP contribution in [0.5, 0.6) is 0 Å². The topological polar surface area (TPSA) is 55.1 Å². The number of thioether (sulfide) groups is 1. The number of amides is 1. The van der Waals surface area contributed by atoms with Crippen molar-refractivity contribution in [2.24, 2.45) is 0 Å². The highest BCUT2D eigenvalue weighted by molar-refractivity contribution is 7.99. The number of nitrogens with one attached hydrogen (secondary N) is 1. The molecule has 0 spiro atoms. The van der Waals surface area contributed by atoms with Gasteiger partial charge in [-0.3, -0.25) is 4.79 Å². The first kappa shape index (κ1) is 13.3. The molecule has 3 nitrogen and oxygen atoms in total. The lowest BCUT2D eigenvalue weighted by molar-refractivity contribution is 0.0939. The van der Waals surface area contributed by atoms with Crippen LogP contribution in [0.4, 0.5) is 5.69 Å². The zero-order valence-electron chi connectivity index (χ0n) is 10.9. The van der Waals surface area contributed by atoms with Crippen LogP contribution >= 0.6 is 11.8 Å². The van der Waals surface area contributed by atoms with Crippen molar-refractivity contribution in [3.8, 4) is 0 Å². The van der Waals surface area contributed by atoms with E-state index in [0.29, 0.717) is 16.5 Å². The van der Waals surface area contributed by atoms with E-state index in [0.717, 1.165) is 12.0 Å². The van der Waals surface area contributed by atoms with E-state index < -0.39 is 0 Å². The third-order valence-corrected chi connectivity index (χ3v) is 4.77. The van der Waals surface area contributed by atoms with Crippen molar-refractivity contribution in [1.82, 2.24) is 5.32 Å². The molecule has 2 rings (SSSR count). The number of nitrogen functional groups attached to an aromatic ring is 1. The SMILES string of the molecule is CSC1CCCC1NC(=O)c1c(C)cccc1N. The number of benzene rings is 1. The Morgan fingerprint density at radius 1 is 1.44 bits per heavy atom. The molecule has 0 radical (unpaired) electrons. The average Bonchev–Trinajstić information content (AvgIpc) is 2.76. The minimum Gasteiger partial charge on any atom is -0.398 e. The fraction of sp³-hybridized carbons (Fsp3) is 0.500. The van der Waals surface area contributed by atoms with Gasteiger partial charge in [-0.15, -0.1) is 0 Å². The number of carbonyl (C=O) groups is 1. The Kier molecular flexibility index (Phi) is 4.17. The van der Waals surface area contributed by atoms with Gasteiger partial charge in [-0.05, 0) is 37.7 Å². The average molecular weight is 264 g/mol. The number of carbonyl (C=O) groups excluding carboxylic acids is 1. The monoisotopic (exact) mass is 264 g/mol. The Morgan fingerprint density at radius 3 is 2.89 bits per heavy atom. The predicted octanol–water partition coefficient (Wildman–Crippen LogP) is 2.59. The molecular formula is C14H20N2OS. The molecule has 3 N–H and O–H groups in total. The van der Waals surface area contributed by atoms with E-state index in [1.165, 1.54) is 12.8 Å². The third-order valence-electron chi connectivity index (χ3n) is 3.60. The van der Waals surface area contributed by atoms with Crippen LogP contribution in [0.1, 0.15) is 35.2 Å². The standard InChI is InChI=1S/C14H20N2OS/c1-9-5-3-6-10(15)13(9)14(17)16-11-7-4-8-12(11)18-2/h3,5-6,11-12H,4,7-8,15H2,1-2H3,(H,16,17). The summed E-state index contributed by atoms with van der Waals surface area (Å²) >= 11 is 1.84. The van der Waals surface area contributed by atoms with Gasteiger partial charge in [0.05, 0.1) is 5.56 Å². The Morgan fingerprint density at radius 2 is 2.22 bits per heavy atom. The molecule has 0 heterocycles. The second-order valence-electron chi connectivity index (χ2n) is 4.82. The summed E-state index contributed by atoms with van der Waals surface area (Å²) in [5.41, 5.74) is 8.02. The summed E-state index contributed by atoms with van der Waals surface area (Å²) in [5.74, 6) is -0.0310. The van der Waals surface area contributed by atoms with Gasteiger partial charge >= 0.3 is 0 Å². The first-order valence-electron chi connectivity index (χ1n) is 6.32. The number of rotatable bonds is 3. The molecule has 1 aromatic carbocycles. The highest BCUT2D eigenvalue weighted by Gasteiger charge is 2.28. The summed E-state index contributed by atoms with van der Waals surface area (Å²) in [7, 11) is 0. The second-order valence-corrected chi connectivity index (χ2v) is 5.90. The zero-order chi connectivity index (χ0) is 13.1. The van der Waals surface area contributed by atoms with Gasteiger partial charge in [0.1, 0.15) is 0 Å². The molecule has 0 aliphatic heterocycles. The van der Waals surface area contributed by atoms with Crippen LogP contribution in [-0.2, 0) is 0 Å². The molecule has 18 heavy (non-hydrogen) atoms. The normalized spacial score (nSPS) is 23.0. The van der Waals surface area contributed by atoms with Crippen LogP contribution in [0, 0.1) is 6.92 Å². The van der Waals surface area contributed by atoms with Gasteiger partial charge in [-0.1, -0.05) is 18.6 Å². The lowest BCUT2D eigenvalue weighted by Crippen LogP contribution is -2.39. The van der Waals surface area contributed by atoms with Gasteiger partial charge in [-0.25, -0.2) is 0 Å². The fourth-order valence-corrected chi connectivity index (χ4v) is 3.55. The molecule has 2 unspecified atom stereocenters. The third kappa shape index (κ3) is 2.64. The molecular weight excluding hydrogens is 244 g/mol. The molecule has 1 amide bonds. The predicted molar refractivity (Wildman–Crippen MR) is 78.0 cm³/mol. The quantitative estimate of drug-likeness (QED) is 0.825. The van der Waals surface area contributed by atoms with E-state index in [4.69, 9.17) is 5.73 Å². The first-order chi connectivity index (χ1) is 8.63. The van der Waals surface area contributed by atoms with Crippen LogP contribution in [0.3, 0.4) is 0 Å². The van der Waals surface area contributed by atoms with Gasteiger partial charge in [0.25, 0.3) is 5.91 Å². The van der Waals surface area contributed by atoms with E-state index in [-0.39, 0.29) is 11.9 Å². The molecule has 0 saturated heterocycles. The van der Waals surface area contributed by atoms with Gasteiger partial charge < -0.3 is 11.1 Å². The van der Waals surface area contributed by atoms with E-state index in [1.807, 2.05) is 30.8 Å². The Balaban J connectivity index is 2.12. The number of anilines is 1. The summed E-state index contributed by atoms with van der Waals surface area (Å²) in [6.45, 7) is 1.92. The maximum absolute atomic E-state index is 12.3. The molecule has 2 atom stereocenters. The summed E-state index contributed by atoms with van der Waals surface area (Å²) in [5, 5.41) is 3.68. The number of hydrogen-bond acceptors (Lipinski definition) is 3. The zero-order valence-corrected chi connectivity index (χ0v) is 11.7. The summed E-state index contributed by atoms with van der Waals surface area (Å²) in [6, 6.07) is 5.86. The van der Waals surface area contributed by atoms with Crippen molar-refractivity contribution in [2.75, 3.05) is 12.0 Å². The highest BCUT2D eigenvalue weighted by atomic mass is 32.2. The van der Waals surface area contributed by atoms with Crippen LogP contribution in [0.15, 0.2) is 18.2 Å². The molecule has 1 aliphatic rings. The number of hydrogen-bond donors (Lipinski definition) is 2. The van der Waals surface area contributed by atoms with Crippen molar-refractivity contribution in [3.05, 3.63) is 29.3 Å². The highest BCUT2D eigenvalue weighted by Crippen LogP contribution is 2.29. The molecule has 0 bridgehead atoms. The lowest BCUT2D eigenvalue weighted by atomic mass is 10.1. The van der Waals surface area contributed by atoms with E-state index >= 15 is 0 Å². The lowest BCUT2D eigenvalue weighted by Gasteiger charge is -2.20. The minimum absolute atomic E-state index is 0.0310. The number of aryl methyl sites for hydroxylation is 1. The van der Waals surface area contributed by atoms with E-state index in [1.54, 1.807) is 6.07 Å². The molecule has 98 valence electrons. The van der Waals surface area contributed by atoms with Crippen molar-refractivity contribution in [1.29, 1.82) is 0 Å². The Bertz CT molecular complexity index is 427. The van der Waals surface area contributed by atoms with Crippen molar-refractivity contribution >= 4 is 23.4 Å². The van der Waals surface area contributed by atoms with Gasteiger partial charge in [-0.2, -0.15) is 11.8 Å². The maximum Gasteiger partial charge on any atom is 0.253 e.